The average Bonchev–Trinajstić information content (AvgIpc) is 2.76. The van der Waals surface area contributed by atoms with E-state index in [0.29, 0.717) is 25.2 Å². The van der Waals surface area contributed by atoms with E-state index in [1.807, 2.05) is 18.4 Å². The van der Waals surface area contributed by atoms with E-state index in [4.69, 9.17) is 0 Å². The van der Waals surface area contributed by atoms with Crippen LogP contribution in [0.4, 0.5) is 13.2 Å². The van der Waals surface area contributed by atoms with E-state index in [2.05, 4.69) is 15.5 Å². The molecule has 0 spiro atoms. The quantitative estimate of drug-likeness (QED) is 0.927. The average molecular weight is 290 g/mol. The highest BCUT2D eigenvalue weighted by Crippen LogP contribution is 2.37. The molecule has 4 nitrogen and oxygen atoms in total. The van der Waals surface area contributed by atoms with Crippen molar-refractivity contribution in [3.05, 3.63) is 11.6 Å². The van der Waals surface area contributed by atoms with Crippen LogP contribution < -0.4 is 5.32 Å². The maximum absolute atomic E-state index is 13.0. The molecule has 0 aliphatic heterocycles. The monoisotopic (exact) mass is 290 g/mol. The van der Waals surface area contributed by atoms with Gasteiger partial charge in [-0.1, -0.05) is 12.8 Å². The van der Waals surface area contributed by atoms with Crippen LogP contribution in [0, 0.1) is 12.8 Å². The van der Waals surface area contributed by atoms with Crippen molar-refractivity contribution in [1.29, 1.82) is 0 Å². The van der Waals surface area contributed by atoms with Gasteiger partial charge in [0.25, 0.3) is 0 Å². The molecule has 0 amide bonds. The third-order valence-electron chi connectivity index (χ3n) is 4.04. The Bertz CT molecular complexity index is 441. The molecular weight excluding hydrogens is 269 g/mol. The van der Waals surface area contributed by atoms with Crippen LogP contribution in [0.1, 0.15) is 44.3 Å². The Hall–Kier alpha value is -1.11. The number of nitrogens with zero attached hydrogens (tertiary/aromatic N) is 3. The maximum atomic E-state index is 13.0. The highest BCUT2D eigenvalue weighted by molar-refractivity contribution is 4.95. The van der Waals surface area contributed by atoms with Gasteiger partial charge in [0.1, 0.15) is 11.6 Å². The van der Waals surface area contributed by atoms with E-state index in [-0.39, 0.29) is 6.42 Å². The summed E-state index contributed by atoms with van der Waals surface area (Å²) in [4.78, 5) is 0. The molecule has 1 saturated carbocycles. The van der Waals surface area contributed by atoms with Crippen LogP contribution >= 0.6 is 0 Å². The van der Waals surface area contributed by atoms with Gasteiger partial charge >= 0.3 is 6.18 Å². The lowest BCUT2D eigenvalue weighted by atomic mass is 9.84. The normalized spacial score (nSPS) is 24.1. The molecule has 1 N–H and O–H groups in total. The molecule has 2 rings (SSSR count). The van der Waals surface area contributed by atoms with Gasteiger partial charge in [-0.05, 0) is 26.7 Å². The SMILES string of the molecule is CCn1c(C)nnc1CN[C@@H]1CCCC[C@H]1C(F)(F)F. The fourth-order valence-corrected chi connectivity index (χ4v) is 2.96. The third kappa shape index (κ3) is 3.31. The minimum atomic E-state index is -4.12. The summed E-state index contributed by atoms with van der Waals surface area (Å²) in [6, 6.07) is -0.508. The van der Waals surface area contributed by atoms with Gasteiger partial charge in [-0.3, -0.25) is 0 Å². The molecule has 2 atom stereocenters. The third-order valence-corrected chi connectivity index (χ3v) is 4.04. The van der Waals surface area contributed by atoms with Crippen LogP contribution in [0.5, 0.6) is 0 Å². The number of aryl methyl sites for hydroxylation is 1. The van der Waals surface area contributed by atoms with Gasteiger partial charge in [0.2, 0.25) is 0 Å². The smallest absolute Gasteiger partial charge is 0.314 e. The second kappa shape index (κ2) is 6.11. The molecule has 0 radical (unpaired) electrons. The van der Waals surface area contributed by atoms with Crippen molar-refractivity contribution in [2.75, 3.05) is 0 Å². The summed E-state index contributed by atoms with van der Waals surface area (Å²) in [5, 5.41) is 11.0. The van der Waals surface area contributed by atoms with Crippen LogP contribution in [0.3, 0.4) is 0 Å². The topological polar surface area (TPSA) is 42.7 Å². The Labute approximate surface area is 116 Å². The summed E-state index contributed by atoms with van der Waals surface area (Å²) >= 11 is 0. The summed E-state index contributed by atoms with van der Waals surface area (Å²) in [5.74, 6) is 0.257. The molecular formula is C13H21F3N4. The van der Waals surface area contributed by atoms with Gasteiger partial charge in [0.05, 0.1) is 12.5 Å². The second-order valence-corrected chi connectivity index (χ2v) is 5.33. The van der Waals surface area contributed by atoms with Crippen LogP contribution in [0.25, 0.3) is 0 Å². The van der Waals surface area contributed by atoms with E-state index in [9.17, 15) is 13.2 Å². The molecule has 7 heteroatoms. The minimum Gasteiger partial charge on any atom is -0.314 e. The van der Waals surface area contributed by atoms with Crippen LogP contribution in [-0.4, -0.2) is 27.0 Å². The predicted octanol–water partition coefficient (Wildman–Crippen LogP) is 2.82. The Kier molecular flexibility index (Phi) is 4.67. The lowest BCUT2D eigenvalue weighted by molar-refractivity contribution is -0.189. The molecule has 0 aromatic carbocycles. The van der Waals surface area contributed by atoms with E-state index in [1.165, 1.54) is 0 Å². The first-order valence-corrected chi connectivity index (χ1v) is 7.12. The lowest BCUT2D eigenvalue weighted by Crippen LogP contribution is -2.45. The standard InChI is InChI=1S/C13H21F3N4/c1-3-20-9(2)18-19-12(20)8-17-11-7-5-4-6-10(11)13(14,15)16/h10-11,17H,3-8H2,1-2H3/t10-,11-/m1/s1. The van der Waals surface area contributed by atoms with Gasteiger partial charge < -0.3 is 9.88 Å². The Morgan fingerprint density at radius 3 is 2.60 bits per heavy atom. The van der Waals surface area contributed by atoms with E-state index in [0.717, 1.165) is 18.8 Å². The number of hydrogen-bond donors (Lipinski definition) is 1. The molecule has 0 bridgehead atoms. The van der Waals surface area contributed by atoms with Gasteiger partial charge in [-0.15, -0.1) is 10.2 Å². The van der Waals surface area contributed by atoms with Crippen molar-refractivity contribution in [1.82, 2.24) is 20.1 Å². The Balaban J connectivity index is 2.01. The highest BCUT2D eigenvalue weighted by atomic mass is 19.4. The first-order valence-electron chi connectivity index (χ1n) is 7.12. The van der Waals surface area contributed by atoms with Crippen LogP contribution in [0.2, 0.25) is 0 Å². The fourth-order valence-electron chi connectivity index (χ4n) is 2.96. The molecule has 114 valence electrons. The predicted molar refractivity (Wildman–Crippen MR) is 69.1 cm³/mol. The van der Waals surface area contributed by atoms with Crippen molar-refractivity contribution in [2.45, 2.75) is 64.8 Å². The molecule has 1 aliphatic rings. The Morgan fingerprint density at radius 2 is 1.95 bits per heavy atom. The zero-order valence-corrected chi connectivity index (χ0v) is 11.9. The van der Waals surface area contributed by atoms with Gasteiger partial charge in [-0.25, -0.2) is 0 Å². The minimum absolute atomic E-state index is 0.223. The summed E-state index contributed by atoms with van der Waals surface area (Å²) in [6.45, 7) is 4.88. The number of aromatic nitrogens is 3. The molecule has 1 fully saturated rings. The molecule has 1 aromatic heterocycles. The van der Waals surface area contributed by atoms with Crippen molar-refractivity contribution in [2.24, 2.45) is 5.92 Å². The largest absolute Gasteiger partial charge is 0.393 e. The maximum Gasteiger partial charge on any atom is 0.393 e. The van der Waals surface area contributed by atoms with Crippen LogP contribution in [-0.2, 0) is 13.1 Å². The molecule has 1 aromatic rings. The summed E-state index contributed by atoms with van der Waals surface area (Å²) in [6.07, 6.45) is -1.81. The zero-order chi connectivity index (χ0) is 14.8. The molecule has 20 heavy (non-hydrogen) atoms. The highest BCUT2D eigenvalue weighted by Gasteiger charge is 2.45. The number of alkyl halides is 3. The zero-order valence-electron chi connectivity index (χ0n) is 11.9. The first-order chi connectivity index (χ1) is 9.43. The molecule has 1 aliphatic carbocycles. The second-order valence-electron chi connectivity index (χ2n) is 5.33. The lowest BCUT2D eigenvalue weighted by Gasteiger charge is -2.33. The van der Waals surface area contributed by atoms with E-state index >= 15 is 0 Å². The van der Waals surface area contributed by atoms with Crippen LogP contribution in [0.15, 0.2) is 0 Å². The van der Waals surface area contributed by atoms with Gasteiger partial charge in [0, 0.05) is 12.6 Å². The van der Waals surface area contributed by atoms with Crippen molar-refractivity contribution >= 4 is 0 Å². The van der Waals surface area contributed by atoms with Crippen molar-refractivity contribution in [3.63, 3.8) is 0 Å². The summed E-state index contributed by atoms with van der Waals surface area (Å²) < 4.78 is 40.9. The van der Waals surface area contributed by atoms with Gasteiger partial charge in [-0.2, -0.15) is 13.2 Å². The first kappa shape index (κ1) is 15.3. The molecule has 0 saturated heterocycles. The van der Waals surface area contributed by atoms with E-state index < -0.39 is 18.1 Å². The van der Waals surface area contributed by atoms with Gasteiger partial charge in [0.15, 0.2) is 0 Å². The number of nitrogens with one attached hydrogen (secondary N) is 1. The Morgan fingerprint density at radius 1 is 1.25 bits per heavy atom. The molecule has 1 heterocycles. The number of rotatable bonds is 4. The summed E-state index contributed by atoms with van der Waals surface area (Å²) in [7, 11) is 0. The van der Waals surface area contributed by atoms with E-state index in [1.54, 1.807) is 0 Å². The number of hydrogen-bond acceptors (Lipinski definition) is 3. The fraction of sp³-hybridized carbons (Fsp3) is 0.846. The van der Waals surface area contributed by atoms with Crippen molar-refractivity contribution < 1.29 is 13.2 Å². The summed E-state index contributed by atoms with van der Waals surface area (Å²) in [5.41, 5.74) is 0. The number of halogens is 3. The van der Waals surface area contributed by atoms with Crippen molar-refractivity contribution in [3.8, 4) is 0 Å². The molecule has 0 unspecified atom stereocenters.